The van der Waals surface area contributed by atoms with Crippen molar-refractivity contribution in [2.45, 2.75) is 96.8 Å². The summed E-state index contributed by atoms with van der Waals surface area (Å²) in [7, 11) is 0. The van der Waals surface area contributed by atoms with E-state index in [0.717, 1.165) is 29.3 Å². The molecule has 0 N–H and O–H groups in total. The molecule has 3 heteroatoms. The molecule has 190 valence electrons. The van der Waals surface area contributed by atoms with Gasteiger partial charge >= 0.3 is 0 Å². The lowest BCUT2D eigenvalue weighted by molar-refractivity contribution is 0.302. The fourth-order valence-corrected chi connectivity index (χ4v) is 5.17. The van der Waals surface area contributed by atoms with Gasteiger partial charge in [0.25, 0.3) is 0 Å². The van der Waals surface area contributed by atoms with E-state index in [1.807, 2.05) is 42.5 Å². The maximum Gasteiger partial charge on any atom is 0.159 e. The van der Waals surface area contributed by atoms with Gasteiger partial charge in [0.2, 0.25) is 0 Å². The van der Waals surface area contributed by atoms with Crippen molar-refractivity contribution in [2.75, 3.05) is 0 Å². The van der Waals surface area contributed by atoms with Gasteiger partial charge in [-0.25, -0.2) is 9.97 Å². The van der Waals surface area contributed by atoms with Crippen LogP contribution in [0.3, 0.4) is 0 Å². The molecule has 4 rings (SSSR count). The molecular formula is C33H43N3. The molecular weight excluding hydrogens is 438 g/mol. The molecule has 3 aromatic rings. The lowest BCUT2D eigenvalue weighted by Crippen LogP contribution is -2.13. The van der Waals surface area contributed by atoms with Crippen molar-refractivity contribution in [1.29, 1.82) is 5.26 Å². The number of rotatable bonds is 10. The second kappa shape index (κ2) is 15.9. The van der Waals surface area contributed by atoms with Crippen molar-refractivity contribution < 1.29 is 0 Å². The number of hydrogen-bond acceptors (Lipinski definition) is 3. The summed E-state index contributed by atoms with van der Waals surface area (Å²) in [5.74, 6) is 2.46. The Morgan fingerprint density at radius 2 is 1.42 bits per heavy atom. The van der Waals surface area contributed by atoms with Crippen LogP contribution in [0, 0.1) is 17.2 Å². The minimum Gasteiger partial charge on any atom is -0.236 e. The first kappa shape index (κ1) is 27.6. The highest BCUT2D eigenvalue weighted by Gasteiger charge is 2.22. The summed E-state index contributed by atoms with van der Waals surface area (Å²) in [6.07, 6.45) is 19.8. The van der Waals surface area contributed by atoms with E-state index < -0.39 is 0 Å². The normalized spacial score (nSPS) is 17.0. The zero-order valence-corrected chi connectivity index (χ0v) is 22.3. The first-order chi connectivity index (χ1) is 17.7. The third-order valence-corrected chi connectivity index (χ3v) is 7.43. The van der Waals surface area contributed by atoms with E-state index in [-0.39, 0.29) is 0 Å². The molecule has 0 radical (unpaired) electrons. The zero-order valence-electron chi connectivity index (χ0n) is 22.3. The Kier molecular flexibility index (Phi) is 12.2. The third-order valence-electron chi connectivity index (χ3n) is 7.43. The van der Waals surface area contributed by atoms with E-state index in [0.29, 0.717) is 5.92 Å². The van der Waals surface area contributed by atoms with Gasteiger partial charge in [0, 0.05) is 18.0 Å². The van der Waals surface area contributed by atoms with Crippen LogP contribution in [-0.2, 0) is 6.42 Å². The topological polar surface area (TPSA) is 49.6 Å². The van der Waals surface area contributed by atoms with Crippen LogP contribution in [0.25, 0.3) is 11.4 Å². The van der Waals surface area contributed by atoms with Gasteiger partial charge in [-0.15, -0.1) is 0 Å². The minimum atomic E-state index is 0.669. The van der Waals surface area contributed by atoms with Crippen molar-refractivity contribution in [2.24, 2.45) is 5.92 Å². The number of benzene rings is 2. The second-order valence-electron chi connectivity index (χ2n) is 10.1. The Labute approximate surface area is 219 Å². The predicted molar refractivity (Wildman–Crippen MR) is 151 cm³/mol. The van der Waals surface area contributed by atoms with Crippen LogP contribution in [0.5, 0.6) is 0 Å². The molecule has 1 saturated carbocycles. The van der Waals surface area contributed by atoms with Crippen molar-refractivity contribution in [3.63, 3.8) is 0 Å². The summed E-state index contributed by atoms with van der Waals surface area (Å²) in [6, 6.07) is 20.3. The molecule has 0 aliphatic heterocycles. The molecule has 1 aromatic heterocycles. The largest absolute Gasteiger partial charge is 0.236 e. The fourth-order valence-electron chi connectivity index (χ4n) is 5.17. The molecule has 0 amide bonds. The van der Waals surface area contributed by atoms with Gasteiger partial charge in [0.1, 0.15) is 0 Å². The third kappa shape index (κ3) is 8.90. The Balaban J connectivity index is 0.000000236. The van der Waals surface area contributed by atoms with E-state index in [2.05, 4.69) is 54.4 Å². The molecule has 0 bridgehead atoms. The molecule has 1 aliphatic carbocycles. The second-order valence-corrected chi connectivity index (χ2v) is 10.1. The molecule has 1 fully saturated rings. The Bertz CT molecular complexity index is 1030. The highest BCUT2D eigenvalue weighted by molar-refractivity contribution is 5.54. The van der Waals surface area contributed by atoms with Gasteiger partial charge in [0.05, 0.1) is 11.6 Å². The van der Waals surface area contributed by atoms with Gasteiger partial charge in [-0.05, 0) is 67.6 Å². The summed E-state index contributed by atoms with van der Waals surface area (Å²) < 4.78 is 0. The Morgan fingerprint density at radius 1 is 0.778 bits per heavy atom. The molecule has 1 heterocycles. The van der Waals surface area contributed by atoms with Crippen LogP contribution in [0.2, 0.25) is 0 Å². The molecule has 0 saturated heterocycles. The molecule has 36 heavy (non-hydrogen) atoms. The van der Waals surface area contributed by atoms with Crippen LogP contribution in [0.1, 0.15) is 107 Å². The van der Waals surface area contributed by atoms with E-state index in [1.165, 1.54) is 81.8 Å². The van der Waals surface area contributed by atoms with E-state index >= 15 is 0 Å². The average Bonchev–Trinajstić information content (AvgIpc) is 2.95. The van der Waals surface area contributed by atoms with Crippen LogP contribution >= 0.6 is 0 Å². The lowest BCUT2D eigenvalue weighted by Gasteiger charge is -2.28. The predicted octanol–water partition coefficient (Wildman–Crippen LogP) is 9.29. The van der Waals surface area contributed by atoms with Crippen molar-refractivity contribution in [3.8, 4) is 17.5 Å². The maximum atomic E-state index is 8.82. The van der Waals surface area contributed by atoms with Gasteiger partial charge in [-0.1, -0.05) is 101 Å². The number of nitriles is 1. The number of hydrogen-bond donors (Lipinski definition) is 0. The van der Waals surface area contributed by atoms with Gasteiger partial charge in [0.15, 0.2) is 5.82 Å². The standard InChI is InChI=1S/C21H28N2.C12H15N/c1-2-3-5-8-17-11-13-18(14-12-17)20-15-22-21(23-16-20)19-9-6-4-7-10-19;1-2-3-4-7-11-8-5-6-9-12(11)10-13/h4,6-7,9-10,15-18H,2-3,5,8,11-14H2,1H3;5-6,8-9H,2-4,7H2,1H3. The minimum absolute atomic E-state index is 0.669. The van der Waals surface area contributed by atoms with Gasteiger partial charge in [-0.3, -0.25) is 0 Å². The van der Waals surface area contributed by atoms with E-state index in [4.69, 9.17) is 5.26 Å². The number of aromatic nitrogens is 2. The lowest BCUT2D eigenvalue weighted by atomic mass is 9.77. The Morgan fingerprint density at radius 3 is 2.08 bits per heavy atom. The quantitative estimate of drug-likeness (QED) is 0.271. The SMILES string of the molecule is CCCCCC1CCC(c2cnc(-c3ccccc3)nc2)CC1.CCCCCc1ccccc1C#N. The highest BCUT2D eigenvalue weighted by Crippen LogP contribution is 2.37. The monoisotopic (exact) mass is 481 g/mol. The first-order valence-electron chi connectivity index (χ1n) is 14.1. The first-order valence-corrected chi connectivity index (χ1v) is 14.1. The summed E-state index contributed by atoms with van der Waals surface area (Å²) in [5.41, 5.74) is 4.45. The summed E-state index contributed by atoms with van der Waals surface area (Å²) in [5, 5.41) is 8.82. The summed E-state index contributed by atoms with van der Waals surface area (Å²) in [6.45, 7) is 4.48. The maximum absolute atomic E-state index is 8.82. The molecule has 2 aromatic carbocycles. The van der Waals surface area contributed by atoms with Crippen molar-refractivity contribution in [3.05, 3.63) is 83.7 Å². The molecule has 3 nitrogen and oxygen atoms in total. The van der Waals surface area contributed by atoms with Gasteiger partial charge in [-0.2, -0.15) is 5.26 Å². The molecule has 0 unspecified atom stereocenters. The van der Waals surface area contributed by atoms with E-state index in [9.17, 15) is 0 Å². The van der Waals surface area contributed by atoms with Crippen LogP contribution in [0.4, 0.5) is 0 Å². The van der Waals surface area contributed by atoms with Crippen LogP contribution < -0.4 is 0 Å². The van der Waals surface area contributed by atoms with Crippen molar-refractivity contribution >= 4 is 0 Å². The van der Waals surface area contributed by atoms with Crippen LogP contribution in [0.15, 0.2) is 67.0 Å². The van der Waals surface area contributed by atoms with Crippen LogP contribution in [-0.4, -0.2) is 9.97 Å². The molecule has 0 atom stereocenters. The highest BCUT2D eigenvalue weighted by atomic mass is 14.9. The Hall–Kier alpha value is -2.99. The molecule has 0 spiro atoms. The smallest absolute Gasteiger partial charge is 0.159 e. The number of aryl methyl sites for hydroxylation is 1. The zero-order chi connectivity index (χ0) is 25.4. The summed E-state index contributed by atoms with van der Waals surface area (Å²) >= 11 is 0. The molecule has 1 aliphatic rings. The van der Waals surface area contributed by atoms with E-state index in [1.54, 1.807) is 0 Å². The van der Waals surface area contributed by atoms with Gasteiger partial charge < -0.3 is 0 Å². The fraction of sp³-hybridized carbons (Fsp3) is 0.485. The number of nitrogens with zero attached hydrogens (tertiary/aromatic N) is 3. The van der Waals surface area contributed by atoms with Crippen molar-refractivity contribution in [1.82, 2.24) is 9.97 Å². The average molecular weight is 482 g/mol. The number of unbranched alkanes of at least 4 members (excludes halogenated alkanes) is 4. The summed E-state index contributed by atoms with van der Waals surface area (Å²) in [4.78, 5) is 9.19.